The third-order valence-corrected chi connectivity index (χ3v) is 3.15. The van der Waals surface area contributed by atoms with Crippen molar-refractivity contribution < 1.29 is 30.8 Å². The predicted molar refractivity (Wildman–Crippen MR) is 43.6 cm³/mol. The van der Waals surface area contributed by atoms with E-state index in [0.717, 1.165) is 0 Å². The molecule has 10 heteroatoms. The van der Waals surface area contributed by atoms with E-state index in [0.29, 0.717) is 0 Å². The molecule has 2 heterocycles. The van der Waals surface area contributed by atoms with Crippen LogP contribution in [0.2, 0.25) is 0 Å². The molecule has 0 aromatic carbocycles. The van der Waals surface area contributed by atoms with Gasteiger partial charge in [0.05, 0.1) is 6.42 Å². The van der Waals surface area contributed by atoms with E-state index in [9.17, 15) is 20.8 Å². The van der Waals surface area contributed by atoms with Gasteiger partial charge in [0.15, 0.2) is 6.04 Å². The highest BCUT2D eigenvalue weighted by Gasteiger charge is 2.55. The van der Waals surface area contributed by atoms with Gasteiger partial charge >= 0.3 is 0 Å². The van der Waals surface area contributed by atoms with Crippen molar-refractivity contribution in [1.82, 2.24) is 0 Å². The van der Waals surface area contributed by atoms with Crippen LogP contribution in [-0.4, -0.2) is 18.1 Å². The van der Waals surface area contributed by atoms with Crippen molar-refractivity contribution in [2.75, 3.05) is 0 Å². The van der Waals surface area contributed by atoms with E-state index in [1.165, 1.54) is 6.08 Å². The number of rotatable bonds is 0. The van der Waals surface area contributed by atoms with Gasteiger partial charge in [-0.05, 0) is 9.88 Å². The summed E-state index contributed by atoms with van der Waals surface area (Å²) in [6.45, 7) is 0. The molecule has 90 valence electrons. The van der Waals surface area contributed by atoms with Crippen molar-refractivity contribution in [3.05, 3.63) is 32.6 Å². The first-order valence-electron chi connectivity index (χ1n) is 4.81. The second-order valence-corrected chi connectivity index (χ2v) is 3.99. The van der Waals surface area contributed by atoms with Crippen LogP contribution >= 0.6 is 0 Å². The zero-order chi connectivity index (χ0) is 11.4. The summed E-state index contributed by atoms with van der Waals surface area (Å²) in [5.41, 5.74) is 0.179. The fourth-order valence-corrected chi connectivity index (χ4v) is 2.33. The topological polar surface area (TPSA) is 128 Å². The number of hydrogen-bond donors (Lipinski definition) is 4. The second-order valence-electron chi connectivity index (χ2n) is 3.99. The molecule has 2 saturated heterocycles. The molecular weight excluding hydrogens is 224 g/mol. The molecule has 1 aliphatic carbocycles. The van der Waals surface area contributed by atoms with Gasteiger partial charge in [-0.2, -0.15) is 15.7 Å². The van der Waals surface area contributed by atoms with Gasteiger partial charge in [-0.15, -0.1) is 5.23 Å². The minimum Gasteiger partial charge on any atom is -0.595 e. The average Bonchev–Trinajstić information content (AvgIpc) is 2.67. The highest BCUT2D eigenvalue weighted by Crippen LogP contribution is 2.14. The molecule has 0 radical (unpaired) electrons. The zero-order valence-electron chi connectivity index (χ0n) is 7.97. The molecular formula is C6H10N4O6. The van der Waals surface area contributed by atoms with E-state index >= 15 is 0 Å². The van der Waals surface area contributed by atoms with E-state index in [1.54, 1.807) is 0 Å². The highest BCUT2D eigenvalue weighted by molar-refractivity contribution is 5.09. The molecule has 0 bridgehead atoms. The maximum absolute atomic E-state index is 11.3. The molecule has 0 aromatic rings. The number of nitrogens with one attached hydrogen (secondary N) is 4. The first kappa shape index (κ1) is 10.5. The van der Waals surface area contributed by atoms with Gasteiger partial charge in [0, 0.05) is 6.08 Å². The lowest BCUT2D eigenvalue weighted by Crippen LogP contribution is -3.19. The largest absolute Gasteiger partial charge is 0.595 e. The maximum Gasteiger partial charge on any atom is 0.209 e. The SMILES string of the molecule is [O-][NH+]1O[NH+]([O-])C2CC3C(C=C21)[NH+]([O-])O[NH+]3[O-]. The van der Waals surface area contributed by atoms with E-state index in [4.69, 9.17) is 0 Å². The Hall–Kier alpha value is -0.660. The quantitative estimate of drug-likeness (QED) is 0.308. The lowest BCUT2D eigenvalue weighted by molar-refractivity contribution is -1.28. The normalized spacial score (nSPS) is 55.8. The molecule has 3 rings (SSSR count). The summed E-state index contributed by atoms with van der Waals surface area (Å²) in [7, 11) is 0. The van der Waals surface area contributed by atoms with Crippen LogP contribution in [0.15, 0.2) is 11.8 Å². The van der Waals surface area contributed by atoms with Crippen LogP contribution in [0.1, 0.15) is 6.42 Å². The Morgan fingerprint density at radius 3 is 2.56 bits per heavy atom. The van der Waals surface area contributed by atoms with Gasteiger partial charge in [0.2, 0.25) is 17.8 Å². The van der Waals surface area contributed by atoms with Crippen LogP contribution in [-0.2, 0) is 9.88 Å². The summed E-state index contributed by atoms with van der Waals surface area (Å²) in [4.78, 5) is 8.89. The molecule has 0 spiro atoms. The Morgan fingerprint density at radius 1 is 1.06 bits per heavy atom. The van der Waals surface area contributed by atoms with Crippen molar-refractivity contribution in [3.63, 3.8) is 0 Å². The molecule has 0 amide bonds. The Balaban J connectivity index is 1.93. The summed E-state index contributed by atoms with van der Waals surface area (Å²) in [6, 6.07) is -2.11. The average molecular weight is 234 g/mol. The van der Waals surface area contributed by atoms with Crippen molar-refractivity contribution in [2.45, 2.75) is 24.5 Å². The smallest absolute Gasteiger partial charge is 0.209 e. The Kier molecular flexibility index (Phi) is 2.24. The first-order valence-corrected chi connectivity index (χ1v) is 4.81. The lowest BCUT2D eigenvalue weighted by atomic mass is 9.92. The van der Waals surface area contributed by atoms with Gasteiger partial charge < -0.3 is 20.8 Å². The molecule has 2 aliphatic heterocycles. The molecule has 16 heavy (non-hydrogen) atoms. The van der Waals surface area contributed by atoms with E-state index in [-0.39, 0.29) is 12.1 Å². The minimum atomic E-state index is -0.739. The van der Waals surface area contributed by atoms with Gasteiger partial charge in [0.1, 0.15) is 0 Å². The molecule has 10 nitrogen and oxygen atoms in total. The molecule has 7 atom stereocenters. The van der Waals surface area contributed by atoms with Crippen LogP contribution in [0.4, 0.5) is 0 Å². The van der Waals surface area contributed by atoms with E-state index < -0.39 is 39.0 Å². The fourth-order valence-electron chi connectivity index (χ4n) is 2.33. The van der Waals surface area contributed by atoms with Crippen molar-refractivity contribution >= 4 is 0 Å². The first-order chi connectivity index (χ1) is 7.58. The van der Waals surface area contributed by atoms with Gasteiger partial charge in [-0.1, -0.05) is 0 Å². The standard InChI is InChI=1S/C6H10N4O6/c11-7-3-1-4-6(10(14)16-8(4)12)2-5(3)9(13)15-7/h1,3,5-10H,2H2. The Bertz CT molecular complexity index is 339. The van der Waals surface area contributed by atoms with Crippen molar-refractivity contribution in [3.8, 4) is 0 Å². The summed E-state index contributed by atoms with van der Waals surface area (Å²) in [5, 5.41) is 42.4. The van der Waals surface area contributed by atoms with E-state index in [1.807, 2.05) is 0 Å². The Labute approximate surface area is 88.9 Å². The third kappa shape index (κ3) is 1.31. The monoisotopic (exact) mass is 234 g/mol. The third-order valence-electron chi connectivity index (χ3n) is 3.15. The van der Waals surface area contributed by atoms with Crippen LogP contribution in [0, 0.1) is 20.8 Å². The van der Waals surface area contributed by atoms with Crippen molar-refractivity contribution in [2.24, 2.45) is 0 Å². The summed E-state index contributed by atoms with van der Waals surface area (Å²) in [6.07, 6.45) is 1.45. The van der Waals surface area contributed by atoms with E-state index in [2.05, 4.69) is 9.88 Å². The van der Waals surface area contributed by atoms with Crippen LogP contribution in [0.3, 0.4) is 0 Å². The molecule has 4 N–H and O–H groups in total. The predicted octanol–water partition coefficient (Wildman–Crippen LogP) is -6.37. The number of quaternary nitrogens is 4. The minimum absolute atomic E-state index is 0.117. The van der Waals surface area contributed by atoms with Gasteiger partial charge in [-0.3, -0.25) is 0 Å². The fraction of sp³-hybridized carbons (Fsp3) is 0.667. The number of hydroxylamine groups is 8. The van der Waals surface area contributed by atoms with Gasteiger partial charge in [0.25, 0.3) is 0 Å². The van der Waals surface area contributed by atoms with Gasteiger partial charge in [-0.25, -0.2) is 0 Å². The number of fused-ring (bicyclic) bond motifs is 2. The zero-order valence-corrected chi connectivity index (χ0v) is 7.97. The lowest BCUT2D eigenvalue weighted by Gasteiger charge is -2.24. The Morgan fingerprint density at radius 2 is 1.81 bits per heavy atom. The summed E-state index contributed by atoms with van der Waals surface area (Å²) >= 11 is 0. The summed E-state index contributed by atoms with van der Waals surface area (Å²) in [5.74, 6) is 0. The van der Waals surface area contributed by atoms with Crippen LogP contribution in [0.25, 0.3) is 0 Å². The number of hydrogen-bond acceptors (Lipinski definition) is 6. The maximum atomic E-state index is 11.3. The van der Waals surface area contributed by atoms with Crippen LogP contribution in [0.5, 0.6) is 0 Å². The summed E-state index contributed by atoms with van der Waals surface area (Å²) < 4.78 is 0. The van der Waals surface area contributed by atoms with Crippen molar-refractivity contribution in [1.29, 1.82) is 0 Å². The molecule has 0 aromatic heterocycles. The molecule has 3 aliphatic rings. The molecule has 7 unspecified atom stereocenters. The molecule has 2 fully saturated rings. The van der Waals surface area contributed by atoms with Crippen LogP contribution < -0.4 is 20.9 Å². The molecule has 0 saturated carbocycles. The highest BCUT2D eigenvalue weighted by atomic mass is 17.1. The second kappa shape index (κ2) is 3.41.